The van der Waals surface area contributed by atoms with Crippen LogP contribution in [0.1, 0.15) is 48.4 Å². The first-order chi connectivity index (χ1) is 41.7. The first-order valence-electron chi connectivity index (χ1n) is 28.1. The minimum absolute atomic E-state index is 0.00622. The number of aliphatic hydroxyl groups excluding tert-OH is 1. The maximum absolute atomic E-state index is 15.1. The lowest BCUT2D eigenvalue weighted by Crippen LogP contribution is -2.62. The van der Waals surface area contributed by atoms with Gasteiger partial charge in [0.05, 0.1) is 18.7 Å². The second kappa shape index (κ2) is 33.2. The largest absolute Gasteiger partial charge is 0.480 e. The van der Waals surface area contributed by atoms with E-state index in [1.165, 1.54) is 6.92 Å². The molecule has 0 bridgehead atoms. The summed E-state index contributed by atoms with van der Waals surface area (Å²) in [5.41, 5.74) is 15.3. The van der Waals surface area contributed by atoms with Crippen LogP contribution in [-0.4, -0.2) is 175 Å². The first-order valence-corrected chi connectivity index (χ1v) is 29.3. The van der Waals surface area contributed by atoms with Gasteiger partial charge in [0.1, 0.15) is 48.8 Å². The number of aromatic amines is 2. The normalized spacial score (nSPS) is 14.3. The Morgan fingerprint density at radius 1 is 0.552 bits per heavy atom. The van der Waals surface area contributed by atoms with E-state index in [4.69, 9.17) is 11.5 Å². The Morgan fingerprint density at radius 3 is 1.48 bits per heavy atom. The molecule has 0 fully saturated rings. The Kier molecular flexibility index (Phi) is 25.7. The van der Waals surface area contributed by atoms with Gasteiger partial charge in [-0.2, -0.15) is 25.3 Å². The molecule has 0 spiro atoms. The number of carboxylic acids is 2. The van der Waals surface area contributed by atoms with E-state index >= 15 is 9.59 Å². The van der Waals surface area contributed by atoms with E-state index in [2.05, 4.69) is 72.4 Å². The Bertz CT molecular complexity index is 3350. The molecular weight excluding hydrogens is 1160 g/mol. The molecule has 16 N–H and O–H groups in total. The summed E-state index contributed by atoms with van der Waals surface area (Å²) in [4.78, 5) is 145. The standard InChI is InChI=1S/C60H74N12O13S2/c1-34(73)52(58(82)70-48(25-36-16-6-3-7-17-36)59(83)72(31-51(75)76)49(33-87)60(84)85)71-54(78)44(22-12-13-23-61)67-56(80)46(26-37-28-63-42-20-10-8-18-39(37)42)69-57(81)47(27-38-29-64-43-21-11-9-19-40(38)43)68-55(79)45(24-35-14-4-2-5-15-35)66-50(74)30-65-53(77)41(62)32-86/h2-11,14-21,28-29,34,41,44-49,52,63-64,73,86-87H,12-13,22-27,30-33,61-62H2,1H3,(H,65,77)(H,66,74)(H,67,80)(H,68,79)(H,69,81)(H,70,82)(H,71,78)(H,75,76)(H,84,85)/t34-,41-,44+,45+,46-,47+,48+,49-,52+/m1/s1. The van der Waals surface area contributed by atoms with E-state index < -0.39 is 132 Å². The quantitative estimate of drug-likeness (QED) is 0.0187. The van der Waals surface area contributed by atoms with Crippen LogP contribution in [0.5, 0.6) is 0 Å². The number of aliphatic carboxylic acids is 2. The zero-order chi connectivity index (χ0) is 63.2. The van der Waals surface area contributed by atoms with E-state index in [-0.39, 0.29) is 50.8 Å². The number of thiol groups is 2. The van der Waals surface area contributed by atoms with Gasteiger partial charge in [-0.15, -0.1) is 0 Å². The molecule has 6 aromatic rings. The molecule has 27 heteroatoms. The van der Waals surface area contributed by atoms with Gasteiger partial charge >= 0.3 is 11.9 Å². The van der Waals surface area contributed by atoms with E-state index in [9.17, 15) is 53.7 Å². The number of nitrogens with two attached hydrogens (primary N) is 2. The maximum Gasteiger partial charge on any atom is 0.327 e. The highest BCUT2D eigenvalue weighted by atomic mass is 32.1. The summed E-state index contributed by atoms with van der Waals surface area (Å²) in [6.45, 7) is -0.255. The third-order valence-corrected chi connectivity index (χ3v) is 15.1. The van der Waals surface area contributed by atoms with Gasteiger partial charge in [-0.25, -0.2) is 4.79 Å². The highest BCUT2D eigenvalue weighted by molar-refractivity contribution is 7.80. The number of carbonyl (C=O) groups excluding carboxylic acids is 8. The molecule has 0 radical (unpaired) electrons. The van der Waals surface area contributed by atoms with Gasteiger partial charge < -0.3 is 78.9 Å². The summed E-state index contributed by atoms with van der Waals surface area (Å²) >= 11 is 8.08. The van der Waals surface area contributed by atoms with Crippen LogP contribution in [0.2, 0.25) is 0 Å². The number of carbonyl (C=O) groups is 10. The first kappa shape index (κ1) is 67.4. The molecule has 2 heterocycles. The van der Waals surface area contributed by atoms with Crippen molar-refractivity contribution in [3.8, 4) is 0 Å². The summed E-state index contributed by atoms with van der Waals surface area (Å²) in [6, 6.07) is 19.4. The fourth-order valence-electron chi connectivity index (χ4n) is 9.69. The summed E-state index contributed by atoms with van der Waals surface area (Å²) in [5, 5.41) is 50.7. The van der Waals surface area contributed by atoms with E-state index in [1.807, 2.05) is 24.3 Å². The number of aliphatic hydroxyl groups is 1. The molecule has 0 saturated heterocycles. The van der Waals surface area contributed by atoms with E-state index in [0.717, 1.165) is 10.9 Å². The van der Waals surface area contributed by atoms with Crippen molar-refractivity contribution in [2.45, 2.75) is 106 Å². The molecule has 0 unspecified atom stereocenters. The lowest BCUT2D eigenvalue weighted by Gasteiger charge is -2.32. The number of para-hydroxylation sites is 2. The average Bonchev–Trinajstić information content (AvgIpc) is 3.68. The maximum atomic E-state index is 15.1. The minimum atomic E-state index is -1.84. The summed E-state index contributed by atoms with van der Waals surface area (Å²) in [7, 11) is 0. The number of fused-ring (bicyclic) bond motifs is 2. The summed E-state index contributed by atoms with van der Waals surface area (Å²) in [6.07, 6.45) is 1.51. The van der Waals surface area contributed by atoms with Crippen molar-refractivity contribution in [1.29, 1.82) is 0 Å². The molecule has 8 amide bonds. The fourth-order valence-corrected chi connectivity index (χ4v) is 10.2. The SMILES string of the molecule is C[C@@H](O)[C@H](NC(=O)[C@H](CCCCN)NC(=O)[C@@H](Cc1c[nH]c2ccccc12)NC(=O)[C@H](Cc1c[nH]c2ccccc12)NC(=O)[C@H](Cc1ccccc1)NC(=O)CNC(=O)[C@H](N)CS)C(=O)N[C@@H](Cc1ccccc1)C(=O)N(CC(=O)O)[C@H](CS)C(=O)O. The van der Waals surface area contributed by atoms with E-state index in [1.54, 1.807) is 97.3 Å². The number of nitrogens with zero attached hydrogens (tertiary/aromatic N) is 1. The van der Waals surface area contributed by atoms with Gasteiger partial charge in [0.15, 0.2) is 0 Å². The fraction of sp³-hybridized carbons (Fsp3) is 0.367. The van der Waals surface area contributed by atoms with Gasteiger partial charge in [0.25, 0.3) is 0 Å². The number of unbranched alkanes of at least 4 members (excludes halogenated alkanes) is 1. The summed E-state index contributed by atoms with van der Waals surface area (Å²) < 4.78 is 0. The van der Waals surface area contributed by atoms with Crippen LogP contribution >= 0.6 is 25.3 Å². The number of benzene rings is 4. The lowest BCUT2D eigenvalue weighted by molar-refractivity contribution is -0.154. The topological polar surface area (TPSA) is 402 Å². The van der Waals surface area contributed by atoms with Crippen molar-refractivity contribution in [3.63, 3.8) is 0 Å². The number of hydrogen-bond donors (Lipinski definition) is 16. The van der Waals surface area contributed by atoms with Crippen LogP contribution in [0.4, 0.5) is 0 Å². The van der Waals surface area contributed by atoms with Crippen molar-refractivity contribution < 1.29 is 63.3 Å². The molecule has 464 valence electrons. The molecule has 0 aliphatic rings. The summed E-state index contributed by atoms with van der Waals surface area (Å²) in [5.74, 6) is -10.8. The molecule has 87 heavy (non-hydrogen) atoms. The number of hydrogen-bond acceptors (Lipinski definition) is 15. The molecule has 25 nitrogen and oxygen atoms in total. The zero-order valence-corrected chi connectivity index (χ0v) is 49.4. The third-order valence-electron chi connectivity index (χ3n) is 14.3. The molecule has 2 aromatic heterocycles. The number of H-pyrrole nitrogens is 2. The van der Waals surface area contributed by atoms with E-state index in [0.29, 0.717) is 44.5 Å². The smallest absolute Gasteiger partial charge is 0.327 e. The number of rotatable bonds is 34. The average molecular weight is 1240 g/mol. The van der Waals surface area contributed by atoms with Crippen LogP contribution in [0, 0.1) is 0 Å². The number of amides is 8. The van der Waals surface area contributed by atoms with Crippen LogP contribution in [0.15, 0.2) is 122 Å². The van der Waals surface area contributed by atoms with Gasteiger partial charge in [-0.3, -0.25) is 43.2 Å². The Balaban J connectivity index is 1.32. The molecule has 4 aromatic carbocycles. The van der Waals surface area contributed by atoms with Crippen molar-refractivity contribution in [2.24, 2.45) is 11.5 Å². The lowest BCUT2D eigenvalue weighted by atomic mass is 10.00. The Labute approximate surface area is 512 Å². The molecule has 9 atom stereocenters. The highest BCUT2D eigenvalue weighted by Crippen LogP contribution is 2.22. The third kappa shape index (κ3) is 19.6. The predicted octanol–water partition coefficient (Wildman–Crippen LogP) is 0.00790. The molecular formula is C60H74N12O13S2. The monoisotopic (exact) mass is 1230 g/mol. The van der Waals surface area contributed by atoms with Crippen LogP contribution in [-0.2, 0) is 73.6 Å². The Hall–Kier alpha value is -8.76. The molecule has 0 aliphatic carbocycles. The van der Waals surface area contributed by atoms with Crippen molar-refractivity contribution in [2.75, 3.05) is 31.1 Å². The molecule has 0 aliphatic heterocycles. The Morgan fingerprint density at radius 2 is 1.01 bits per heavy atom. The van der Waals surface area contributed by atoms with Crippen LogP contribution in [0.25, 0.3) is 21.8 Å². The van der Waals surface area contributed by atoms with Gasteiger partial charge in [-0.05, 0) is 67.1 Å². The predicted molar refractivity (Wildman–Crippen MR) is 330 cm³/mol. The van der Waals surface area contributed by atoms with Crippen molar-refractivity contribution in [3.05, 3.63) is 144 Å². The zero-order valence-electron chi connectivity index (χ0n) is 47.6. The van der Waals surface area contributed by atoms with Gasteiger partial charge in [0.2, 0.25) is 47.3 Å². The van der Waals surface area contributed by atoms with Crippen LogP contribution < -0.4 is 48.7 Å². The number of aromatic nitrogens is 2. The van der Waals surface area contributed by atoms with Gasteiger partial charge in [0, 0.05) is 71.4 Å². The van der Waals surface area contributed by atoms with Crippen LogP contribution in [0.3, 0.4) is 0 Å². The minimum Gasteiger partial charge on any atom is -0.480 e. The van der Waals surface area contributed by atoms with Crippen molar-refractivity contribution in [1.82, 2.24) is 52.1 Å². The number of nitrogens with one attached hydrogen (secondary N) is 9. The highest BCUT2D eigenvalue weighted by Gasteiger charge is 2.39. The van der Waals surface area contributed by atoms with Gasteiger partial charge in [-0.1, -0.05) is 97.1 Å². The van der Waals surface area contributed by atoms with Crippen molar-refractivity contribution >= 4 is 106 Å². The second-order valence-corrected chi connectivity index (χ2v) is 21.5. The second-order valence-electron chi connectivity index (χ2n) is 20.8. The molecule has 6 rings (SSSR count). The number of carboxylic acid groups (broad SMARTS) is 2. The molecule has 0 saturated carbocycles.